The van der Waals surface area contributed by atoms with E-state index >= 15 is 0 Å². The number of hydrogen-bond acceptors (Lipinski definition) is 6. The molecule has 1 aromatic rings. The molecule has 1 aliphatic rings. The quantitative estimate of drug-likeness (QED) is 0.774. The monoisotopic (exact) mass is 312 g/mol. The second-order valence-corrected chi connectivity index (χ2v) is 6.38. The molecule has 1 aromatic heterocycles. The molecule has 0 aromatic carbocycles. The summed E-state index contributed by atoms with van der Waals surface area (Å²) in [4.78, 5) is 19.5. The van der Waals surface area contributed by atoms with Gasteiger partial charge in [0.1, 0.15) is 5.03 Å². The molecule has 1 fully saturated rings. The molecular weight excluding hydrogens is 292 g/mol. The summed E-state index contributed by atoms with van der Waals surface area (Å²) < 4.78 is 17.0. The topological polar surface area (TPSA) is 107 Å². The Kier molecular flexibility index (Phi) is 5.24. The Hall–Kier alpha value is -1.54. The third-order valence-corrected chi connectivity index (χ3v) is 4.49. The van der Waals surface area contributed by atoms with E-state index in [0.717, 1.165) is 25.7 Å². The van der Waals surface area contributed by atoms with Gasteiger partial charge in [-0.3, -0.25) is 9.00 Å². The van der Waals surface area contributed by atoms with Crippen molar-refractivity contribution in [3.63, 3.8) is 0 Å². The Morgan fingerprint density at radius 3 is 2.62 bits per heavy atom. The van der Waals surface area contributed by atoms with E-state index in [4.69, 9.17) is 10.5 Å². The molecule has 1 atom stereocenters. The van der Waals surface area contributed by atoms with Crippen LogP contribution in [0, 0.1) is 0 Å². The van der Waals surface area contributed by atoms with Gasteiger partial charge in [0.15, 0.2) is 0 Å². The van der Waals surface area contributed by atoms with Gasteiger partial charge < -0.3 is 15.8 Å². The van der Waals surface area contributed by atoms with Crippen LogP contribution in [0.25, 0.3) is 0 Å². The summed E-state index contributed by atoms with van der Waals surface area (Å²) in [6, 6.07) is 0.258. The van der Waals surface area contributed by atoms with Crippen molar-refractivity contribution in [2.45, 2.75) is 42.9 Å². The third-order valence-electron chi connectivity index (χ3n) is 3.63. The molecule has 1 amide bonds. The molecule has 0 bridgehead atoms. The number of rotatable bonds is 5. The van der Waals surface area contributed by atoms with E-state index in [0.29, 0.717) is 12.1 Å². The zero-order valence-electron chi connectivity index (χ0n) is 12.2. The van der Waals surface area contributed by atoms with Crippen molar-refractivity contribution in [1.29, 1.82) is 0 Å². The van der Waals surface area contributed by atoms with Crippen LogP contribution in [0.4, 0.5) is 5.95 Å². The van der Waals surface area contributed by atoms with Gasteiger partial charge in [0.05, 0.1) is 22.5 Å². The highest BCUT2D eigenvalue weighted by Crippen LogP contribution is 2.23. The van der Waals surface area contributed by atoms with E-state index in [-0.39, 0.29) is 16.6 Å². The fourth-order valence-corrected chi connectivity index (χ4v) is 3.13. The first-order valence-corrected chi connectivity index (χ1v) is 8.36. The van der Waals surface area contributed by atoms with Crippen LogP contribution >= 0.6 is 0 Å². The van der Waals surface area contributed by atoms with E-state index in [1.165, 1.54) is 12.5 Å². The molecule has 0 radical (unpaired) electrons. The second kappa shape index (κ2) is 6.95. The van der Waals surface area contributed by atoms with Crippen molar-refractivity contribution in [2.24, 2.45) is 5.73 Å². The van der Waals surface area contributed by atoms with E-state index in [1.807, 2.05) is 0 Å². The molecule has 0 spiro atoms. The number of carbonyl (C=O) groups is 1. The minimum atomic E-state index is -1.40. The minimum absolute atomic E-state index is 0.101. The number of ether oxygens (including phenoxy) is 1. The SMILES string of the molecule is COC1CCC(Nc2ncc(C(N)=O)c([S@@](C)=O)n2)CC1. The van der Waals surface area contributed by atoms with Crippen LogP contribution in [0.2, 0.25) is 0 Å². The number of nitrogens with one attached hydrogen (secondary N) is 1. The van der Waals surface area contributed by atoms with Crippen molar-refractivity contribution >= 4 is 22.7 Å². The molecule has 0 saturated heterocycles. The van der Waals surface area contributed by atoms with Gasteiger partial charge in [-0.1, -0.05) is 0 Å². The summed E-state index contributed by atoms with van der Waals surface area (Å²) in [5, 5.41) is 3.39. The Labute approximate surface area is 126 Å². The average molecular weight is 312 g/mol. The lowest BCUT2D eigenvalue weighted by Gasteiger charge is -2.28. The highest BCUT2D eigenvalue weighted by atomic mass is 32.2. The van der Waals surface area contributed by atoms with Crippen LogP contribution in [-0.4, -0.2) is 45.6 Å². The molecule has 3 N–H and O–H groups in total. The van der Waals surface area contributed by atoms with E-state index < -0.39 is 16.7 Å². The number of anilines is 1. The summed E-state index contributed by atoms with van der Waals surface area (Å²) in [6.45, 7) is 0. The van der Waals surface area contributed by atoms with Crippen LogP contribution in [0.15, 0.2) is 11.2 Å². The lowest BCUT2D eigenvalue weighted by atomic mass is 9.93. The number of nitrogens with two attached hydrogens (primary N) is 1. The van der Waals surface area contributed by atoms with Gasteiger partial charge in [0.2, 0.25) is 5.95 Å². The molecule has 1 heterocycles. The number of carbonyl (C=O) groups excluding carboxylic acids is 1. The van der Waals surface area contributed by atoms with Crippen molar-refractivity contribution in [2.75, 3.05) is 18.7 Å². The minimum Gasteiger partial charge on any atom is -0.381 e. The van der Waals surface area contributed by atoms with Gasteiger partial charge in [0, 0.05) is 25.6 Å². The van der Waals surface area contributed by atoms with Gasteiger partial charge in [0.25, 0.3) is 5.91 Å². The molecule has 2 rings (SSSR count). The maximum atomic E-state index is 11.7. The van der Waals surface area contributed by atoms with E-state index in [1.54, 1.807) is 7.11 Å². The highest BCUT2D eigenvalue weighted by molar-refractivity contribution is 7.84. The molecule has 0 unspecified atom stereocenters. The molecular formula is C13H20N4O3S. The summed E-state index contributed by atoms with van der Waals surface area (Å²) in [7, 11) is 0.332. The maximum Gasteiger partial charge on any atom is 0.253 e. The summed E-state index contributed by atoms with van der Waals surface area (Å²) in [5.41, 5.74) is 5.33. The first-order chi connectivity index (χ1) is 10.0. The fourth-order valence-electron chi connectivity index (χ4n) is 2.45. The van der Waals surface area contributed by atoms with Crippen LogP contribution in [-0.2, 0) is 15.5 Å². The van der Waals surface area contributed by atoms with Gasteiger partial charge >= 0.3 is 0 Å². The molecule has 1 aliphatic carbocycles. The van der Waals surface area contributed by atoms with Gasteiger partial charge in [-0.15, -0.1) is 0 Å². The molecule has 7 nitrogen and oxygen atoms in total. The van der Waals surface area contributed by atoms with Crippen LogP contribution < -0.4 is 11.1 Å². The van der Waals surface area contributed by atoms with E-state index in [2.05, 4.69) is 15.3 Å². The Bertz CT molecular complexity index is 544. The van der Waals surface area contributed by atoms with Crippen molar-refractivity contribution in [3.8, 4) is 0 Å². The standard InChI is InChI=1S/C13H20N4O3S/c1-20-9-5-3-8(4-6-9)16-13-15-7-10(11(14)18)12(17-13)21(2)19/h7-9H,3-6H2,1-2H3,(H2,14,18)(H,15,16,17)/t8?,9?,21-/m1/s1. The van der Waals surface area contributed by atoms with Crippen molar-refractivity contribution in [3.05, 3.63) is 11.8 Å². The summed E-state index contributed by atoms with van der Waals surface area (Å²) in [6.07, 6.45) is 7.01. The number of aromatic nitrogens is 2. The Balaban J connectivity index is 2.09. The zero-order chi connectivity index (χ0) is 15.4. The van der Waals surface area contributed by atoms with Crippen LogP contribution in [0.5, 0.6) is 0 Å². The predicted octanol–water partition coefficient (Wildman–Crippen LogP) is 0.682. The number of amides is 1. The zero-order valence-corrected chi connectivity index (χ0v) is 13.0. The molecule has 21 heavy (non-hydrogen) atoms. The maximum absolute atomic E-state index is 11.7. The average Bonchev–Trinajstić information content (AvgIpc) is 2.47. The number of hydrogen-bond donors (Lipinski definition) is 2. The van der Waals surface area contributed by atoms with Crippen LogP contribution in [0.3, 0.4) is 0 Å². The lowest BCUT2D eigenvalue weighted by molar-refractivity contribution is 0.0681. The number of nitrogens with zero attached hydrogens (tertiary/aromatic N) is 2. The molecule has 8 heteroatoms. The van der Waals surface area contributed by atoms with Gasteiger partial charge in [-0.2, -0.15) is 0 Å². The number of primary amides is 1. The van der Waals surface area contributed by atoms with Gasteiger partial charge in [-0.05, 0) is 25.7 Å². The second-order valence-electron chi connectivity index (χ2n) is 5.08. The first-order valence-electron chi connectivity index (χ1n) is 6.81. The van der Waals surface area contributed by atoms with Gasteiger partial charge in [-0.25, -0.2) is 9.97 Å². The Morgan fingerprint density at radius 1 is 1.43 bits per heavy atom. The summed E-state index contributed by atoms with van der Waals surface area (Å²) >= 11 is 0. The van der Waals surface area contributed by atoms with E-state index in [9.17, 15) is 9.00 Å². The predicted molar refractivity (Wildman–Crippen MR) is 79.6 cm³/mol. The first kappa shape index (κ1) is 15.8. The molecule has 0 aliphatic heterocycles. The van der Waals surface area contributed by atoms with Crippen molar-refractivity contribution in [1.82, 2.24) is 9.97 Å². The lowest BCUT2D eigenvalue weighted by Crippen LogP contribution is -2.30. The third kappa shape index (κ3) is 3.98. The Morgan fingerprint density at radius 2 is 2.10 bits per heavy atom. The highest BCUT2D eigenvalue weighted by Gasteiger charge is 2.22. The normalized spacial score (nSPS) is 23.5. The number of methoxy groups -OCH3 is 1. The largest absolute Gasteiger partial charge is 0.381 e. The van der Waals surface area contributed by atoms with Crippen molar-refractivity contribution < 1.29 is 13.7 Å². The molecule has 116 valence electrons. The van der Waals surface area contributed by atoms with Crippen LogP contribution in [0.1, 0.15) is 36.0 Å². The summed E-state index contributed by atoms with van der Waals surface area (Å²) in [5.74, 6) is -0.293. The smallest absolute Gasteiger partial charge is 0.253 e. The fraction of sp³-hybridized carbons (Fsp3) is 0.615. The molecule has 1 saturated carbocycles.